The number of halogens is 2. The van der Waals surface area contributed by atoms with Crippen LogP contribution in [0.2, 0.25) is 10.0 Å². The number of benzene rings is 2. The third-order valence-electron chi connectivity index (χ3n) is 4.63. The molecule has 156 valence electrons. The van der Waals surface area contributed by atoms with E-state index in [1.807, 2.05) is 12.1 Å². The van der Waals surface area contributed by atoms with Gasteiger partial charge < -0.3 is 19.2 Å². The maximum Gasteiger partial charge on any atom is 0.258 e. The van der Waals surface area contributed by atoms with Crippen molar-refractivity contribution in [3.05, 3.63) is 64.5 Å². The first-order valence-corrected chi connectivity index (χ1v) is 10.2. The molecule has 2 heterocycles. The molecule has 7 nitrogen and oxygen atoms in total. The zero-order chi connectivity index (χ0) is 20.9. The normalized spacial score (nSPS) is 18.7. The van der Waals surface area contributed by atoms with Gasteiger partial charge in [0.05, 0.1) is 12.6 Å². The molecule has 30 heavy (non-hydrogen) atoms. The molecule has 0 bridgehead atoms. The fourth-order valence-corrected chi connectivity index (χ4v) is 3.33. The molecule has 2 atom stereocenters. The lowest BCUT2D eigenvalue weighted by molar-refractivity contribution is -0.125. The Balaban J connectivity index is 1.24. The van der Waals surface area contributed by atoms with Crippen molar-refractivity contribution in [2.45, 2.75) is 25.0 Å². The van der Waals surface area contributed by atoms with Gasteiger partial charge >= 0.3 is 0 Å². The predicted octanol–water partition coefficient (Wildman–Crippen LogP) is 4.46. The monoisotopic (exact) mass is 447 g/mol. The standard InChI is InChI=1S/C21H19Cl2N3O4/c22-14-3-1-13(2-4-14)20-25-26-21(30-20)18-10-7-16(11-29-18)24-19(27)12-28-17-8-5-15(23)6-9-17/h1-6,8-9,16,18H,7,10-12H2,(H,24,27)/t16-,18+/m1/s1. The minimum absolute atomic E-state index is 0.0737. The summed E-state index contributed by atoms with van der Waals surface area (Å²) in [4.78, 5) is 12.1. The van der Waals surface area contributed by atoms with E-state index in [1.165, 1.54) is 0 Å². The van der Waals surface area contributed by atoms with Crippen LogP contribution >= 0.6 is 23.2 Å². The summed E-state index contributed by atoms with van der Waals surface area (Å²) >= 11 is 11.7. The topological polar surface area (TPSA) is 86.5 Å². The van der Waals surface area contributed by atoms with E-state index in [-0.39, 0.29) is 24.7 Å². The fraction of sp³-hybridized carbons (Fsp3) is 0.286. The number of carbonyl (C=O) groups is 1. The molecule has 0 saturated carbocycles. The van der Waals surface area contributed by atoms with Gasteiger partial charge in [0.2, 0.25) is 11.8 Å². The van der Waals surface area contributed by atoms with Crippen LogP contribution < -0.4 is 10.1 Å². The van der Waals surface area contributed by atoms with Gasteiger partial charge in [-0.3, -0.25) is 4.79 Å². The number of nitrogens with zero attached hydrogens (tertiary/aromatic N) is 2. The van der Waals surface area contributed by atoms with Gasteiger partial charge in [0.1, 0.15) is 11.9 Å². The lowest BCUT2D eigenvalue weighted by Crippen LogP contribution is -2.43. The molecule has 3 aromatic rings. The summed E-state index contributed by atoms with van der Waals surface area (Å²) in [6.07, 6.45) is 1.10. The van der Waals surface area contributed by atoms with E-state index >= 15 is 0 Å². The van der Waals surface area contributed by atoms with E-state index in [9.17, 15) is 4.79 Å². The summed E-state index contributed by atoms with van der Waals surface area (Å²) in [6.45, 7) is 0.283. The van der Waals surface area contributed by atoms with Gasteiger partial charge in [-0.15, -0.1) is 10.2 Å². The molecular formula is C21H19Cl2N3O4. The Labute approximate surface area is 183 Å². The minimum atomic E-state index is -0.294. The lowest BCUT2D eigenvalue weighted by atomic mass is 10.0. The molecule has 1 N–H and O–H groups in total. The molecule has 0 spiro atoms. The Hall–Kier alpha value is -2.61. The molecule has 1 amide bonds. The highest BCUT2D eigenvalue weighted by atomic mass is 35.5. The summed E-state index contributed by atoms with van der Waals surface area (Å²) < 4.78 is 17.0. The second-order valence-electron chi connectivity index (χ2n) is 6.86. The van der Waals surface area contributed by atoms with Gasteiger partial charge in [-0.05, 0) is 61.4 Å². The molecule has 1 fully saturated rings. The fourth-order valence-electron chi connectivity index (χ4n) is 3.08. The van der Waals surface area contributed by atoms with Crippen LogP contribution in [0.15, 0.2) is 52.9 Å². The van der Waals surface area contributed by atoms with Crippen LogP contribution in [0, 0.1) is 0 Å². The van der Waals surface area contributed by atoms with Crippen LogP contribution in [0.3, 0.4) is 0 Å². The molecule has 0 radical (unpaired) electrons. The molecule has 0 unspecified atom stereocenters. The van der Waals surface area contributed by atoms with Crippen LogP contribution in [-0.4, -0.2) is 35.4 Å². The zero-order valence-corrected chi connectivity index (χ0v) is 17.4. The van der Waals surface area contributed by atoms with E-state index in [0.717, 1.165) is 12.0 Å². The van der Waals surface area contributed by atoms with Crippen molar-refractivity contribution in [1.29, 1.82) is 0 Å². The van der Waals surface area contributed by atoms with Crippen molar-refractivity contribution in [3.63, 3.8) is 0 Å². The largest absolute Gasteiger partial charge is 0.484 e. The molecule has 9 heteroatoms. The highest BCUT2D eigenvalue weighted by molar-refractivity contribution is 6.30. The van der Waals surface area contributed by atoms with Crippen molar-refractivity contribution >= 4 is 29.1 Å². The van der Waals surface area contributed by atoms with Crippen molar-refractivity contribution in [1.82, 2.24) is 15.5 Å². The second kappa shape index (κ2) is 9.47. The van der Waals surface area contributed by atoms with Crippen LogP contribution in [0.25, 0.3) is 11.5 Å². The highest BCUT2D eigenvalue weighted by Gasteiger charge is 2.28. The maximum absolute atomic E-state index is 12.1. The van der Waals surface area contributed by atoms with E-state index in [2.05, 4.69) is 15.5 Å². The van der Waals surface area contributed by atoms with E-state index < -0.39 is 0 Å². The van der Waals surface area contributed by atoms with E-state index in [0.29, 0.717) is 40.6 Å². The van der Waals surface area contributed by atoms with E-state index in [4.69, 9.17) is 37.1 Å². The third-order valence-corrected chi connectivity index (χ3v) is 5.14. The first-order chi connectivity index (χ1) is 14.6. The predicted molar refractivity (Wildman–Crippen MR) is 112 cm³/mol. The summed E-state index contributed by atoms with van der Waals surface area (Å²) in [7, 11) is 0. The molecule has 4 rings (SSSR count). The molecular weight excluding hydrogens is 429 g/mol. The Morgan fingerprint density at radius 3 is 2.40 bits per heavy atom. The van der Waals surface area contributed by atoms with Gasteiger partial charge in [0.25, 0.3) is 5.91 Å². The van der Waals surface area contributed by atoms with Gasteiger partial charge in [-0.1, -0.05) is 23.2 Å². The Morgan fingerprint density at radius 1 is 1.03 bits per heavy atom. The number of ether oxygens (including phenoxy) is 2. The average Bonchev–Trinajstić information content (AvgIpc) is 3.25. The number of hydrogen-bond acceptors (Lipinski definition) is 6. The Morgan fingerprint density at radius 2 is 1.73 bits per heavy atom. The maximum atomic E-state index is 12.1. The van der Waals surface area contributed by atoms with Gasteiger partial charge in [0, 0.05) is 15.6 Å². The van der Waals surface area contributed by atoms with Gasteiger partial charge in [-0.2, -0.15) is 0 Å². The number of hydrogen-bond donors (Lipinski definition) is 1. The van der Waals surface area contributed by atoms with E-state index in [1.54, 1.807) is 36.4 Å². The van der Waals surface area contributed by atoms with Crippen molar-refractivity contribution in [2.75, 3.05) is 13.2 Å². The third kappa shape index (κ3) is 5.30. The molecule has 2 aromatic carbocycles. The average molecular weight is 448 g/mol. The van der Waals surface area contributed by atoms with Crippen LogP contribution in [-0.2, 0) is 9.53 Å². The van der Waals surface area contributed by atoms with Crippen molar-refractivity contribution in [2.24, 2.45) is 0 Å². The summed E-state index contributed by atoms with van der Waals surface area (Å²) in [5.74, 6) is 1.22. The van der Waals surface area contributed by atoms with Gasteiger partial charge in [-0.25, -0.2) is 0 Å². The zero-order valence-electron chi connectivity index (χ0n) is 15.9. The summed E-state index contributed by atoms with van der Waals surface area (Å²) in [5, 5.41) is 12.4. The Bertz CT molecular complexity index is 984. The number of aromatic nitrogens is 2. The second-order valence-corrected chi connectivity index (χ2v) is 7.73. The first-order valence-electron chi connectivity index (χ1n) is 9.45. The smallest absolute Gasteiger partial charge is 0.258 e. The Kier molecular flexibility index (Phi) is 6.52. The van der Waals surface area contributed by atoms with Crippen LogP contribution in [0.4, 0.5) is 0 Å². The molecule has 1 aromatic heterocycles. The molecule has 1 aliphatic rings. The molecule has 0 aliphatic carbocycles. The quantitative estimate of drug-likeness (QED) is 0.600. The number of carbonyl (C=O) groups excluding carboxylic acids is 1. The van der Waals surface area contributed by atoms with Crippen LogP contribution in [0.1, 0.15) is 24.8 Å². The van der Waals surface area contributed by atoms with Crippen molar-refractivity contribution < 1.29 is 18.7 Å². The number of amides is 1. The van der Waals surface area contributed by atoms with Gasteiger partial charge in [0.15, 0.2) is 6.61 Å². The first kappa shape index (κ1) is 20.7. The summed E-state index contributed by atoms with van der Waals surface area (Å²) in [6, 6.07) is 13.9. The minimum Gasteiger partial charge on any atom is -0.484 e. The van der Waals surface area contributed by atoms with Crippen molar-refractivity contribution in [3.8, 4) is 17.2 Å². The molecule has 1 aliphatic heterocycles. The number of rotatable bonds is 6. The highest BCUT2D eigenvalue weighted by Crippen LogP contribution is 2.29. The lowest BCUT2D eigenvalue weighted by Gasteiger charge is -2.27. The summed E-state index contributed by atoms with van der Waals surface area (Å²) in [5.41, 5.74) is 0.791. The SMILES string of the molecule is O=C(COc1ccc(Cl)cc1)N[C@@H]1CC[C@@H](c2nnc(-c3ccc(Cl)cc3)o2)OC1. The number of nitrogens with one attached hydrogen (secondary N) is 1. The molecule has 1 saturated heterocycles. The van der Waals surface area contributed by atoms with Crippen LogP contribution in [0.5, 0.6) is 5.75 Å².